The Bertz CT molecular complexity index is 1090. The van der Waals surface area contributed by atoms with Gasteiger partial charge < -0.3 is 19.9 Å². The lowest BCUT2D eigenvalue weighted by Gasteiger charge is -2.43. The van der Waals surface area contributed by atoms with Crippen molar-refractivity contribution < 1.29 is 24.2 Å². The standard InChI is InChI=1S/C26H29N3O5.ClH/c1-29(13-16-34-22-4-2-3-19(17-22)18-27)26(11-14-33-15-12-26)24(32)28-25(9-10-25)21-7-5-20(6-8-21)23(30)31;/h2-8,17H,9-16H2,1H3,(H,28,32)(H,30,31);1H. The van der Waals surface area contributed by atoms with Gasteiger partial charge in [-0.05, 0) is 68.6 Å². The molecule has 2 aliphatic rings. The van der Waals surface area contributed by atoms with Gasteiger partial charge in [0.15, 0.2) is 0 Å². The summed E-state index contributed by atoms with van der Waals surface area (Å²) in [6, 6.07) is 15.9. The summed E-state index contributed by atoms with van der Waals surface area (Å²) in [7, 11) is 1.93. The number of aromatic carboxylic acids is 1. The Kier molecular flexibility index (Phi) is 8.39. The molecule has 35 heavy (non-hydrogen) atoms. The number of nitrogens with one attached hydrogen (secondary N) is 1. The second-order valence-corrected chi connectivity index (χ2v) is 8.97. The zero-order valence-corrected chi connectivity index (χ0v) is 20.5. The van der Waals surface area contributed by atoms with E-state index in [1.165, 1.54) is 0 Å². The number of hydrogen-bond acceptors (Lipinski definition) is 6. The normalized spacial score (nSPS) is 17.5. The van der Waals surface area contributed by atoms with Crippen molar-refractivity contribution in [2.45, 2.75) is 36.8 Å². The number of likely N-dealkylation sites (N-methyl/N-ethyl adjacent to an activating group) is 1. The predicted octanol–water partition coefficient (Wildman–Crippen LogP) is 3.34. The Hall–Kier alpha value is -3.12. The number of carboxylic acids is 1. The van der Waals surface area contributed by atoms with E-state index >= 15 is 0 Å². The van der Waals surface area contributed by atoms with Crippen molar-refractivity contribution in [1.29, 1.82) is 5.26 Å². The van der Waals surface area contributed by atoms with Crippen molar-refractivity contribution in [2.24, 2.45) is 0 Å². The molecule has 0 spiro atoms. The summed E-state index contributed by atoms with van der Waals surface area (Å²) in [6.07, 6.45) is 2.79. The quantitative estimate of drug-likeness (QED) is 0.544. The fourth-order valence-electron chi connectivity index (χ4n) is 4.54. The molecule has 1 aliphatic carbocycles. The molecule has 1 saturated carbocycles. The molecule has 4 rings (SSSR count). The van der Waals surface area contributed by atoms with Crippen LogP contribution in [0.4, 0.5) is 0 Å². The molecule has 0 unspecified atom stereocenters. The number of benzene rings is 2. The fraction of sp³-hybridized carbons (Fsp3) is 0.423. The van der Waals surface area contributed by atoms with E-state index < -0.39 is 17.0 Å². The third kappa shape index (κ3) is 5.76. The van der Waals surface area contributed by atoms with Gasteiger partial charge in [-0.3, -0.25) is 9.69 Å². The third-order valence-electron chi connectivity index (χ3n) is 6.92. The Balaban J connectivity index is 0.00000342. The van der Waals surface area contributed by atoms with Crippen LogP contribution in [0.5, 0.6) is 5.75 Å². The van der Waals surface area contributed by atoms with Gasteiger partial charge in [-0.15, -0.1) is 12.4 Å². The average Bonchev–Trinajstić information content (AvgIpc) is 3.65. The van der Waals surface area contributed by atoms with Crippen LogP contribution in [0.25, 0.3) is 0 Å². The summed E-state index contributed by atoms with van der Waals surface area (Å²) < 4.78 is 11.4. The Morgan fingerprint density at radius 2 is 1.83 bits per heavy atom. The topological polar surface area (TPSA) is 112 Å². The summed E-state index contributed by atoms with van der Waals surface area (Å²) in [6.45, 7) is 1.92. The van der Waals surface area contributed by atoms with Gasteiger partial charge in [-0.1, -0.05) is 18.2 Å². The SMILES string of the molecule is CN(CCOc1cccc(C#N)c1)C1(C(=O)NC2(c3ccc(C(=O)O)cc3)CC2)CCOCC1.Cl. The minimum absolute atomic E-state index is 0. The largest absolute Gasteiger partial charge is 0.492 e. The molecule has 1 heterocycles. The molecule has 1 saturated heterocycles. The number of carbonyl (C=O) groups is 2. The maximum absolute atomic E-state index is 13.7. The van der Waals surface area contributed by atoms with Crippen LogP contribution in [0.1, 0.15) is 47.2 Å². The summed E-state index contributed by atoms with van der Waals surface area (Å²) in [5, 5.41) is 21.5. The first kappa shape index (κ1) is 26.5. The molecule has 8 nitrogen and oxygen atoms in total. The maximum atomic E-state index is 13.7. The van der Waals surface area contributed by atoms with Crippen molar-refractivity contribution in [2.75, 3.05) is 33.4 Å². The van der Waals surface area contributed by atoms with Crippen LogP contribution in [0.15, 0.2) is 48.5 Å². The van der Waals surface area contributed by atoms with E-state index in [1.54, 1.807) is 42.5 Å². The second-order valence-electron chi connectivity index (χ2n) is 8.97. The average molecular weight is 500 g/mol. The molecule has 1 aliphatic heterocycles. The van der Waals surface area contributed by atoms with Crippen LogP contribution in [-0.4, -0.2) is 60.8 Å². The van der Waals surface area contributed by atoms with Crippen LogP contribution in [-0.2, 0) is 15.1 Å². The van der Waals surface area contributed by atoms with Gasteiger partial charge in [-0.2, -0.15) is 5.26 Å². The molecule has 2 N–H and O–H groups in total. The monoisotopic (exact) mass is 499 g/mol. The van der Waals surface area contributed by atoms with Gasteiger partial charge in [-0.25, -0.2) is 4.79 Å². The second kappa shape index (κ2) is 11.1. The summed E-state index contributed by atoms with van der Waals surface area (Å²) >= 11 is 0. The number of carboxylic acid groups (broad SMARTS) is 1. The Labute approximate surface area is 211 Å². The number of nitrogens with zero attached hydrogens (tertiary/aromatic N) is 2. The lowest BCUT2D eigenvalue weighted by Crippen LogP contribution is -2.62. The molecule has 2 aromatic rings. The number of hydrogen-bond donors (Lipinski definition) is 2. The number of halogens is 1. The minimum atomic E-state index is -0.968. The first-order valence-corrected chi connectivity index (χ1v) is 11.5. The van der Waals surface area contributed by atoms with E-state index in [0.717, 1.165) is 18.4 Å². The van der Waals surface area contributed by atoms with Gasteiger partial charge in [0.05, 0.1) is 22.7 Å². The van der Waals surface area contributed by atoms with Crippen LogP contribution < -0.4 is 10.1 Å². The van der Waals surface area contributed by atoms with Crippen LogP contribution in [0.3, 0.4) is 0 Å². The predicted molar refractivity (Wildman–Crippen MR) is 132 cm³/mol. The zero-order chi connectivity index (χ0) is 24.2. The van der Waals surface area contributed by atoms with Gasteiger partial charge >= 0.3 is 5.97 Å². The highest BCUT2D eigenvalue weighted by molar-refractivity contribution is 5.88. The highest BCUT2D eigenvalue weighted by Crippen LogP contribution is 2.46. The van der Waals surface area contributed by atoms with E-state index in [9.17, 15) is 9.59 Å². The first-order chi connectivity index (χ1) is 16.4. The molecular weight excluding hydrogens is 470 g/mol. The van der Waals surface area contributed by atoms with E-state index in [4.69, 9.17) is 19.8 Å². The van der Waals surface area contributed by atoms with Crippen LogP contribution in [0.2, 0.25) is 0 Å². The summed E-state index contributed by atoms with van der Waals surface area (Å²) in [5.74, 6) is -0.381. The molecule has 0 radical (unpaired) electrons. The Morgan fingerprint density at radius 1 is 1.14 bits per heavy atom. The lowest BCUT2D eigenvalue weighted by atomic mass is 9.86. The van der Waals surface area contributed by atoms with Crippen molar-refractivity contribution in [3.8, 4) is 11.8 Å². The molecule has 0 aromatic heterocycles. The molecule has 2 aromatic carbocycles. The molecule has 0 bridgehead atoms. The van der Waals surface area contributed by atoms with Gasteiger partial charge in [0.2, 0.25) is 5.91 Å². The smallest absolute Gasteiger partial charge is 0.335 e. The van der Waals surface area contributed by atoms with Gasteiger partial charge in [0.25, 0.3) is 0 Å². The van der Waals surface area contributed by atoms with E-state index in [1.807, 2.05) is 18.0 Å². The first-order valence-electron chi connectivity index (χ1n) is 11.5. The van der Waals surface area contributed by atoms with Crippen molar-refractivity contribution in [3.05, 3.63) is 65.2 Å². The highest BCUT2D eigenvalue weighted by atomic mass is 35.5. The van der Waals surface area contributed by atoms with Crippen LogP contribution >= 0.6 is 12.4 Å². The maximum Gasteiger partial charge on any atom is 0.335 e. The number of carbonyl (C=O) groups excluding carboxylic acids is 1. The minimum Gasteiger partial charge on any atom is -0.492 e. The molecular formula is C26H30ClN3O5. The number of amides is 1. The fourth-order valence-corrected chi connectivity index (χ4v) is 4.54. The molecule has 9 heteroatoms. The Morgan fingerprint density at radius 3 is 2.43 bits per heavy atom. The van der Waals surface area contributed by atoms with Gasteiger partial charge in [0.1, 0.15) is 17.9 Å². The molecule has 0 atom stereocenters. The number of ether oxygens (including phenoxy) is 2. The van der Waals surface area contributed by atoms with Crippen molar-refractivity contribution >= 4 is 24.3 Å². The number of rotatable bonds is 9. The van der Waals surface area contributed by atoms with E-state index in [2.05, 4.69) is 11.4 Å². The number of nitriles is 1. The lowest BCUT2D eigenvalue weighted by molar-refractivity contribution is -0.140. The van der Waals surface area contributed by atoms with Gasteiger partial charge in [0, 0.05) is 19.8 Å². The molecule has 186 valence electrons. The van der Waals surface area contributed by atoms with E-state index in [0.29, 0.717) is 50.5 Å². The molecule has 2 fully saturated rings. The zero-order valence-electron chi connectivity index (χ0n) is 19.7. The van der Waals surface area contributed by atoms with Crippen molar-refractivity contribution in [3.63, 3.8) is 0 Å². The third-order valence-corrected chi connectivity index (χ3v) is 6.92. The van der Waals surface area contributed by atoms with Crippen molar-refractivity contribution in [1.82, 2.24) is 10.2 Å². The van der Waals surface area contributed by atoms with E-state index in [-0.39, 0.29) is 23.9 Å². The molecule has 1 amide bonds. The highest BCUT2D eigenvalue weighted by Gasteiger charge is 2.51. The summed E-state index contributed by atoms with van der Waals surface area (Å²) in [4.78, 5) is 26.9. The van der Waals surface area contributed by atoms with Crippen LogP contribution in [0, 0.1) is 11.3 Å². The summed E-state index contributed by atoms with van der Waals surface area (Å²) in [5.41, 5.74) is 0.529.